The molecule has 120 valence electrons. The van der Waals surface area contributed by atoms with E-state index in [0.717, 1.165) is 21.3 Å². The van der Waals surface area contributed by atoms with Crippen molar-refractivity contribution in [3.63, 3.8) is 0 Å². The number of oxazole rings is 1. The highest BCUT2D eigenvalue weighted by molar-refractivity contribution is 7.13. The lowest BCUT2D eigenvalue weighted by Crippen LogP contribution is -2.07. The number of ether oxygens (including phenoxy) is 1. The van der Waals surface area contributed by atoms with Crippen LogP contribution in [0.5, 0.6) is 0 Å². The van der Waals surface area contributed by atoms with E-state index in [2.05, 4.69) is 9.97 Å². The summed E-state index contributed by atoms with van der Waals surface area (Å²) < 4.78 is 10.7. The maximum atomic E-state index is 12.1. The number of benzene rings is 1. The van der Waals surface area contributed by atoms with Crippen molar-refractivity contribution in [2.75, 3.05) is 0 Å². The Morgan fingerprint density at radius 1 is 1.25 bits per heavy atom. The average Bonchev–Trinajstić information content (AvgIpc) is 3.34. The van der Waals surface area contributed by atoms with E-state index in [1.807, 2.05) is 48.0 Å². The summed E-state index contributed by atoms with van der Waals surface area (Å²) >= 11 is 1.55. The predicted molar refractivity (Wildman–Crippen MR) is 91.6 cm³/mol. The molecule has 3 heterocycles. The zero-order chi connectivity index (χ0) is 16.4. The number of nitrogens with one attached hydrogen (secondary N) is 1. The summed E-state index contributed by atoms with van der Waals surface area (Å²) in [4.78, 5) is 20.5. The van der Waals surface area contributed by atoms with Gasteiger partial charge in [-0.3, -0.25) is 4.79 Å². The first kappa shape index (κ1) is 14.7. The third-order valence-electron chi connectivity index (χ3n) is 3.67. The fourth-order valence-corrected chi connectivity index (χ4v) is 3.18. The lowest BCUT2D eigenvalue weighted by Gasteiger charge is -2.02. The molecule has 4 rings (SSSR count). The van der Waals surface area contributed by atoms with Gasteiger partial charge in [0.05, 0.1) is 11.3 Å². The lowest BCUT2D eigenvalue weighted by molar-refractivity contribution is -0.144. The van der Waals surface area contributed by atoms with Crippen LogP contribution in [0.3, 0.4) is 0 Å². The molecular weight excluding hydrogens is 324 g/mol. The number of hydrogen-bond acceptors (Lipinski definition) is 5. The van der Waals surface area contributed by atoms with Crippen LogP contribution >= 0.6 is 11.3 Å². The van der Waals surface area contributed by atoms with Crippen LogP contribution in [0, 0.1) is 0 Å². The molecule has 0 aliphatic heterocycles. The molecule has 5 nitrogen and oxygen atoms in total. The molecule has 24 heavy (non-hydrogen) atoms. The van der Waals surface area contributed by atoms with E-state index in [1.54, 1.807) is 11.3 Å². The number of rotatable bonds is 5. The topological polar surface area (TPSA) is 68.1 Å². The Kier molecular flexibility index (Phi) is 3.88. The Morgan fingerprint density at radius 3 is 3.04 bits per heavy atom. The van der Waals surface area contributed by atoms with Gasteiger partial charge < -0.3 is 14.1 Å². The van der Waals surface area contributed by atoms with Crippen molar-refractivity contribution in [1.82, 2.24) is 9.97 Å². The van der Waals surface area contributed by atoms with Crippen LogP contribution in [0.2, 0.25) is 0 Å². The van der Waals surface area contributed by atoms with E-state index in [1.165, 1.54) is 6.26 Å². The summed E-state index contributed by atoms with van der Waals surface area (Å²) in [5.41, 5.74) is 2.54. The first-order valence-corrected chi connectivity index (χ1v) is 8.36. The third kappa shape index (κ3) is 2.96. The highest BCUT2D eigenvalue weighted by atomic mass is 32.1. The smallest absolute Gasteiger partial charge is 0.310 e. The van der Waals surface area contributed by atoms with Gasteiger partial charge in [0.1, 0.15) is 18.6 Å². The van der Waals surface area contributed by atoms with E-state index in [4.69, 9.17) is 9.15 Å². The van der Waals surface area contributed by atoms with Gasteiger partial charge in [-0.25, -0.2) is 4.98 Å². The number of carbonyl (C=O) groups is 1. The van der Waals surface area contributed by atoms with Gasteiger partial charge in [0.15, 0.2) is 0 Å². The maximum absolute atomic E-state index is 12.1. The number of fused-ring (bicyclic) bond motifs is 1. The van der Waals surface area contributed by atoms with E-state index in [0.29, 0.717) is 11.6 Å². The van der Waals surface area contributed by atoms with Crippen LogP contribution in [0.1, 0.15) is 11.3 Å². The Morgan fingerprint density at radius 2 is 2.17 bits per heavy atom. The SMILES string of the molecule is O=C(Cc1c[nH]c2ccccc12)OCc1coc(-c2cccs2)n1. The minimum absolute atomic E-state index is 0.107. The molecule has 0 radical (unpaired) electrons. The minimum Gasteiger partial charge on any atom is -0.459 e. The Hall–Kier alpha value is -2.86. The van der Waals surface area contributed by atoms with Crippen LogP contribution in [0.25, 0.3) is 21.7 Å². The zero-order valence-electron chi connectivity index (χ0n) is 12.7. The number of hydrogen-bond donors (Lipinski definition) is 1. The van der Waals surface area contributed by atoms with Crippen molar-refractivity contribution in [3.05, 3.63) is 65.5 Å². The highest BCUT2D eigenvalue weighted by Crippen LogP contribution is 2.24. The summed E-state index contributed by atoms with van der Waals surface area (Å²) in [5, 5.41) is 3.00. The third-order valence-corrected chi connectivity index (χ3v) is 4.53. The molecule has 0 saturated heterocycles. The molecule has 0 atom stereocenters. The molecule has 0 bridgehead atoms. The minimum atomic E-state index is -0.291. The normalized spacial score (nSPS) is 11.0. The van der Waals surface area contributed by atoms with Gasteiger partial charge in [-0.05, 0) is 23.1 Å². The Balaban J connectivity index is 1.38. The molecule has 1 N–H and O–H groups in total. The molecule has 3 aromatic heterocycles. The van der Waals surface area contributed by atoms with Crippen molar-refractivity contribution in [2.45, 2.75) is 13.0 Å². The number of thiophene rings is 1. The van der Waals surface area contributed by atoms with Gasteiger partial charge in [-0.15, -0.1) is 11.3 Å². The Bertz CT molecular complexity index is 969. The van der Waals surface area contributed by atoms with Gasteiger partial charge in [-0.1, -0.05) is 24.3 Å². The summed E-state index contributed by atoms with van der Waals surface area (Å²) in [5.74, 6) is 0.258. The second-order valence-corrected chi connectivity index (χ2v) is 6.27. The molecule has 0 aliphatic rings. The summed E-state index contributed by atoms with van der Waals surface area (Å²) in [6, 6.07) is 11.7. The van der Waals surface area contributed by atoms with Gasteiger partial charge >= 0.3 is 5.97 Å². The number of nitrogens with zero attached hydrogens (tertiary/aromatic N) is 1. The van der Waals surface area contributed by atoms with E-state index >= 15 is 0 Å². The Labute approximate surface area is 141 Å². The van der Waals surface area contributed by atoms with Crippen molar-refractivity contribution in [2.24, 2.45) is 0 Å². The number of aromatic nitrogens is 2. The number of para-hydroxylation sites is 1. The van der Waals surface area contributed by atoms with E-state index in [9.17, 15) is 4.79 Å². The van der Waals surface area contributed by atoms with Crippen molar-refractivity contribution in [3.8, 4) is 10.8 Å². The van der Waals surface area contributed by atoms with Crippen molar-refractivity contribution < 1.29 is 13.9 Å². The van der Waals surface area contributed by atoms with Gasteiger partial charge in [0, 0.05) is 17.1 Å². The summed E-state index contributed by atoms with van der Waals surface area (Å²) in [6.45, 7) is 0.107. The van der Waals surface area contributed by atoms with Crippen LogP contribution < -0.4 is 0 Å². The van der Waals surface area contributed by atoms with Crippen LogP contribution in [-0.2, 0) is 22.6 Å². The summed E-state index contributed by atoms with van der Waals surface area (Å²) in [7, 11) is 0. The molecule has 0 aliphatic carbocycles. The predicted octanol–water partition coefficient (Wildman–Crippen LogP) is 4.17. The van der Waals surface area contributed by atoms with Crippen molar-refractivity contribution in [1.29, 1.82) is 0 Å². The molecule has 0 amide bonds. The lowest BCUT2D eigenvalue weighted by atomic mass is 10.1. The maximum Gasteiger partial charge on any atom is 0.310 e. The molecule has 6 heteroatoms. The molecule has 0 spiro atoms. The molecule has 0 unspecified atom stereocenters. The zero-order valence-corrected chi connectivity index (χ0v) is 13.5. The fourth-order valence-electron chi connectivity index (χ4n) is 2.53. The number of aromatic amines is 1. The monoisotopic (exact) mass is 338 g/mol. The van der Waals surface area contributed by atoms with Crippen LogP contribution in [0.4, 0.5) is 0 Å². The van der Waals surface area contributed by atoms with Gasteiger partial charge in [0.25, 0.3) is 0 Å². The summed E-state index contributed by atoms with van der Waals surface area (Å²) in [6.07, 6.45) is 3.59. The largest absolute Gasteiger partial charge is 0.459 e. The van der Waals surface area contributed by atoms with Gasteiger partial charge in [-0.2, -0.15) is 0 Å². The number of carbonyl (C=O) groups excluding carboxylic acids is 1. The van der Waals surface area contributed by atoms with E-state index in [-0.39, 0.29) is 19.0 Å². The molecular formula is C18H14N2O3S. The number of H-pyrrole nitrogens is 1. The standard InChI is InChI=1S/C18H14N2O3S/c21-17(8-12-9-19-15-5-2-1-4-14(12)15)22-10-13-11-23-18(20-13)16-6-3-7-24-16/h1-7,9,11,19H,8,10H2. The molecule has 1 aromatic carbocycles. The average molecular weight is 338 g/mol. The van der Waals surface area contributed by atoms with Crippen molar-refractivity contribution >= 4 is 28.2 Å². The van der Waals surface area contributed by atoms with Crippen LogP contribution in [-0.4, -0.2) is 15.9 Å². The molecule has 0 saturated carbocycles. The van der Waals surface area contributed by atoms with Crippen LogP contribution in [0.15, 0.2) is 58.7 Å². The quantitative estimate of drug-likeness (QED) is 0.555. The molecule has 0 fully saturated rings. The fraction of sp³-hybridized carbons (Fsp3) is 0.111. The second-order valence-electron chi connectivity index (χ2n) is 5.32. The number of esters is 1. The second kappa shape index (κ2) is 6.33. The van der Waals surface area contributed by atoms with E-state index < -0.39 is 0 Å². The highest BCUT2D eigenvalue weighted by Gasteiger charge is 2.12. The molecule has 4 aromatic rings. The first-order valence-electron chi connectivity index (χ1n) is 7.48. The first-order chi connectivity index (χ1) is 11.8. The van der Waals surface area contributed by atoms with Gasteiger partial charge in [0.2, 0.25) is 5.89 Å².